The van der Waals surface area contributed by atoms with Gasteiger partial charge in [-0.2, -0.15) is 5.26 Å². The van der Waals surface area contributed by atoms with Crippen molar-refractivity contribution in [1.29, 1.82) is 5.26 Å². The summed E-state index contributed by atoms with van der Waals surface area (Å²) >= 11 is 0. The number of rotatable bonds is 8. The maximum atomic E-state index is 13.4. The molecule has 0 aromatic heterocycles. The highest BCUT2D eigenvalue weighted by Crippen LogP contribution is 2.45. The van der Waals surface area contributed by atoms with Crippen LogP contribution >= 0.6 is 0 Å². The van der Waals surface area contributed by atoms with E-state index in [1.807, 2.05) is 32.3 Å². The predicted octanol–water partition coefficient (Wildman–Crippen LogP) is 1.69. The summed E-state index contributed by atoms with van der Waals surface area (Å²) < 4.78 is 19.6. The maximum Gasteiger partial charge on any atom is 0.335 e. The first kappa shape index (κ1) is 26.9. The summed E-state index contributed by atoms with van der Waals surface area (Å²) in [6, 6.07) is 14.5. The van der Waals surface area contributed by atoms with Crippen LogP contribution in [0.2, 0.25) is 0 Å². The zero-order valence-electron chi connectivity index (χ0n) is 18.8. The molecule has 0 bridgehead atoms. The lowest BCUT2D eigenvalue weighted by atomic mass is 9.81. The Hall–Kier alpha value is -3.36. The zero-order chi connectivity index (χ0) is 25.5. The summed E-state index contributed by atoms with van der Waals surface area (Å²) in [4.78, 5) is 21.7. The maximum absolute atomic E-state index is 13.4. The molecule has 3 atom stereocenters. The SMILES string of the molecule is CN(C)CCCC1(c2ccc(F)cc2)OCc2cc(C#N)ccc21.O=C(O)C(O)C(O)C(=O)O. The summed E-state index contributed by atoms with van der Waals surface area (Å²) in [6.45, 7) is 1.43. The van der Waals surface area contributed by atoms with E-state index in [-0.39, 0.29) is 5.82 Å². The van der Waals surface area contributed by atoms with Gasteiger partial charge in [0.25, 0.3) is 0 Å². The highest BCUT2D eigenvalue weighted by molar-refractivity contribution is 5.83. The summed E-state index contributed by atoms with van der Waals surface area (Å²) in [5.41, 5.74) is 3.18. The van der Waals surface area contributed by atoms with Gasteiger partial charge in [0.2, 0.25) is 0 Å². The third kappa shape index (κ3) is 6.36. The van der Waals surface area contributed by atoms with E-state index in [4.69, 9.17) is 30.4 Å². The third-order valence-electron chi connectivity index (χ3n) is 5.39. The van der Waals surface area contributed by atoms with Gasteiger partial charge in [-0.05, 0) is 74.4 Å². The molecule has 3 unspecified atom stereocenters. The lowest BCUT2D eigenvalue weighted by molar-refractivity contribution is -0.165. The highest BCUT2D eigenvalue weighted by atomic mass is 19.1. The predicted molar refractivity (Wildman–Crippen MR) is 118 cm³/mol. The minimum Gasteiger partial charge on any atom is -0.479 e. The number of nitrogens with zero attached hydrogens (tertiary/aromatic N) is 2. The molecule has 0 aliphatic carbocycles. The van der Waals surface area contributed by atoms with E-state index >= 15 is 0 Å². The van der Waals surface area contributed by atoms with Gasteiger partial charge in [0.15, 0.2) is 12.2 Å². The van der Waals surface area contributed by atoms with Crippen LogP contribution < -0.4 is 0 Å². The van der Waals surface area contributed by atoms with Crippen molar-refractivity contribution in [2.75, 3.05) is 20.6 Å². The number of halogens is 1. The molecule has 0 amide bonds. The number of carboxylic acids is 2. The fourth-order valence-corrected chi connectivity index (χ4v) is 3.68. The molecule has 1 heterocycles. The second-order valence-electron chi connectivity index (χ2n) is 8.08. The van der Waals surface area contributed by atoms with Crippen LogP contribution in [0.5, 0.6) is 0 Å². The average Bonchev–Trinajstić information content (AvgIpc) is 3.17. The number of ether oxygens (including phenoxy) is 1. The van der Waals surface area contributed by atoms with Crippen molar-refractivity contribution in [2.24, 2.45) is 0 Å². The van der Waals surface area contributed by atoms with E-state index in [1.165, 1.54) is 12.1 Å². The average molecular weight is 474 g/mol. The second kappa shape index (κ2) is 11.7. The Morgan fingerprint density at radius 1 is 1.12 bits per heavy atom. The van der Waals surface area contributed by atoms with Crippen molar-refractivity contribution in [3.05, 3.63) is 70.5 Å². The Morgan fingerprint density at radius 3 is 2.21 bits per heavy atom. The molecule has 0 spiro atoms. The van der Waals surface area contributed by atoms with Crippen LogP contribution in [0.3, 0.4) is 0 Å². The smallest absolute Gasteiger partial charge is 0.335 e. The van der Waals surface area contributed by atoms with Gasteiger partial charge >= 0.3 is 11.9 Å². The fraction of sp³-hybridized carbons (Fsp3) is 0.375. The molecule has 4 N–H and O–H groups in total. The Kier molecular flexibility index (Phi) is 9.23. The number of carbonyl (C=O) groups is 2. The molecule has 0 saturated heterocycles. The first-order valence-electron chi connectivity index (χ1n) is 10.4. The van der Waals surface area contributed by atoms with Crippen LogP contribution in [0.15, 0.2) is 42.5 Å². The van der Waals surface area contributed by atoms with E-state index < -0.39 is 29.7 Å². The van der Waals surface area contributed by atoms with Crippen LogP contribution in [0, 0.1) is 17.1 Å². The van der Waals surface area contributed by atoms with E-state index in [0.29, 0.717) is 12.2 Å². The molecule has 3 rings (SSSR count). The summed E-state index contributed by atoms with van der Waals surface area (Å²) in [5.74, 6) is -3.79. The first-order chi connectivity index (χ1) is 16.0. The van der Waals surface area contributed by atoms with E-state index in [1.54, 1.807) is 12.1 Å². The van der Waals surface area contributed by atoms with E-state index in [2.05, 4.69) is 11.0 Å². The molecule has 2 aromatic rings. The minimum absolute atomic E-state index is 0.250. The number of fused-ring (bicyclic) bond motifs is 1. The number of nitriles is 1. The van der Waals surface area contributed by atoms with Crippen LogP contribution in [0.25, 0.3) is 0 Å². The zero-order valence-corrected chi connectivity index (χ0v) is 18.8. The number of benzene rings is 2. The number of aliphatic hydroxyl groups excluding tert-OH is 2. The van der Waals surface area contributed by atoms with Gasteiger partial charge in [-0.1, -0.05) is 18.2 Å². The molecule has 182 valence electrons. The molecule has 10 heteroatoms. The topological polar surface area (TPSA) is 151 Å². The second-order valence-corrected chi connectivity index (χ2v) is 8.08. The number of carboxylic acid groups (broad SMARTS) is 2. The van der Waals surface area contributed by atoms with Crippen molar-refractivity contribution < 1.29 is 39.1 Å². The summed E-state index contributed by atoms with van der Waals surface area (Å²) in [7, 11) is 4.10. The Morgan fingerprint density at radius 2 is 1.71 bits per heavy atom. The number of hydrogen-bond donors (Lipinski definition) is 4. The molecule has 9 nitrogen and oxygen atoms in total. The lowest BCUT2D eigenvalue weighted by Crippen LogP contribution is -2.39. The molecule has 0 saturated carbocycles. The number of aliphatic hydroxyl groups is 2. The molecule has 1 aliphatic heterocycles. The van der Waals surface area contributed by atoms with Crippen LogP contribution in [-0.4, -0.2) is 70.1 Å². The van der Waals surface area contributed by atoms with Crippen LogP contribution in [0.1, 0.15) is 35.1 Å². The van der Waals surface area contributed by atoms with Crippen molar-refractivity contribution in [2.45, 2.75) is 37.3 Å². The highest BCUT2D eigenvalue weighted by Gasteiger charge is 2.41. The van der Waals surface area contributed by atoms with Crippen molar-refractivity contribution in [1.82, 2.24) is 4.90 Å². The summed E-state index contributed by atoms with van der Waals surface area (Å²) in [5, 5.41) is 41.6. The molecular weight excluding hydrogens is 447 g/mol. The Bertz CT molecular complexity index is 1030. The molecular formula is C24H27FN2O7. The van der Waals surface area contributed by atoms with Gasteiger partial charge in [-0.15, -0.1) is 0 Å². The van der Waals surface area contributed by atoms with Gasteiger partial charge in [0, 0.05) is 0 Å². The Balaban J connectivity index is 0.000000347. The van der Waals surface area contributed by atoms with Gasteiger partial charge in [-0.25, -0.2) is 14.0 Å². The largest absolute Gasteiger partial charge is 0.479 e. The quantitative estimate of drug-likeness (QED) is 0.448. The molecule has 2 aromatic carbocycles. The number of aliphatic carboxylic acids is 2. The Labute approximate surface area is 196 Å². The molecule has 34 heavy (non-hydrogen) atoms. The first-order valence-corrected chi connectivity index (χ1v) is 10.4. The summed E-state index contributed by atoms with van der Waals surface area (Å²) in [6.07, 6.45) is -2.76. The van der Waals surface area contributed by atoms with Crippen LogP contribution in [0.4, 0.5) is 4.39 Å². The lowest BCUT2D eigenvalue weighted by Gasteiger charge is -2.31. The minimum atomic E-state index is -2.27. The monoisotopic (exact) mass is 474 g/mol. The molecule has 1 aliphatic rings. The van der Waals surface area contributed by atoms with E-state index in [9.17, 15) is 14.0 Å². The van der Waals surface area contributed by atoms with Crippen molar-refractivity contribution >= 4 is 11.9 Å². The van der Waals surface area contributed by atoms with Crippen molar-refractivity contribution in [3.63, 3.8) is 0 Å². The molecule has 0 fully saturated rings. The standard InChI is InChI=1S/C20H21FN2O.C4H6O6/c1-23(2)11-3-10-20(17-5-7-18(21)8-6-17)19-9-4-15(13-22)12-16(19)14-24-20;5-1(3(7)8)2(6)4(9)10/h4-9,12H,3,10-11,14H2,1-2H3;1-2,5-6H,(H,7,8)(H,9,10). The van der Waals surface area contributed by atoms with Crippen molar-refractivity contribution in [3.8, 4) is 6.07 Å². The van der Waals surface area contributed by atoms with E-state index in [0.717, 1.165) is 36.1 Å². The molecule has 0 radical (unpaired) electrons. The fourth-order valence-electron chi connectivity index (χ4n) is 3.68. The van der Waals surface area contributed by atoms with Gasteiger partial charge < -0.3 is 30.1 Å². The number of hydrogen-bond acceptors (Lipinski definition) is 7. The third-order valence-corrected chi connectivity index (χ3v) is 5.39. The van der Waals surface area contributed by atoms with Crippen LogP contribution in [-0.2, 0) is 26.5 Å². The van der Waals surface area contributed by atoms with Gasteiger partial charge in [0.05, 0.1) is 18.2 Å². The van der Waals surface area contributed by atoms with Gasteiger partial charge in [0.1, 0.15) is 11.4 Å². The normalized spacial score (nSPS) is 18.3. The van der Waals surface area contributed by atoms with Gasteiger partial charge in [-0.3, -0.25) is 0 Å².